The molecule has 1 fully saturated rings. The second kappa shape index (κ2) is 7.65. The van der Waals surface area contributed by atoms with Gasteiger partial charge < -0.3 is 15.3 Å². The molecule has 2 amide bonds. The Labute approximate surface area is 146 Å². The molecule has 1 aromatic carbocycles. The average Bonchev–Trinajstić information content (AvgIpc) is 3.22. The van der Waals surface area contributed by atoms with Crippen LogP contribution in [-0.4, -0.2) is 45.0 Å². The molecule has 25 heavy (non-hydrogen) atoms. The molecule has 134 valence electrons. The van der Waals surface area contributed by atoms with Crippen molar-refractivity contribution in [2.24, 2.45) is 5.92 Å². The van der Waals surface area contributed by atoms with Gasteiger partial charge in [-0.2, -0.15) is 5.10 Å². The second-order valence-electron chi connectivity index (χ2n) is 6.63. The number of aliphatic hydroxyl groups excluding tert-OH is 1. The zero-order valence-electron chi connectivity index (χ0n) is 14.2. The van der Waals surface area contributed by atoms with Crippen LogP contribution >= 0.6 is 0 Å². The number of nitrogens with one attached hydrogen (secondary N) is 1. The van der Waals surface area contributed by atoms with Crippen molar-refractivity contribution in [3.05, 3.63) is 54.1 Å². The number of nitrogens with zero attached hydrogens (tertiary/aromatic N) is 3. The Balaban J connectivity index is 1.59. The number of hydrogen-bond acceptors (Lipinski definition) is 3. The van der Waals surface area contributed by atoms with E-state index in [1.54, 1.807) is 23.2 Å². The van der Waals surface area contributed by atoms with Gasteiger partial charge in [0.05, 0.1) is 12.1 Å². The van der Waals surface area contributed by atoms with E-state index in [0.717, 1.165) is 0 Å². The zero-order valence-corrected chi connectivity index (χ0v) is 14.2. The molecule has 7 heteroatoms. The first-order chi connectivity index (χ1) is 12.0. The Morgan fingerprint density at radius 3 is 3.04 bits per heavy atom. The molecule has 6 nitrogen and oxygen atoms in total. The number of aromatic nitrogens is 2. The maximum Gasteiger partial charge on any atom is 0.318 e. The lowest BCUT2D eigenvalue weighted by molar-refractivity contribution is 0.168. The topological polar surface area (TPSA) is 70.4 Å². The van der Waals surface area contributed by atoms with Crippen LogP contribution in [0.15, 0.2) is 42.7 Å². The van der Waals surface area contributed by atoms with Crippen LogP contribution in [0.3, 0.4) is 0 Å². The van der Waals surface area contributed by atoms with E-state index in [1.165, 1.54) is 12.1 Å². The van der Waals surface area contributed by atoms with E-state index in [4.69, 9.17) is 0 Å². The van der Waals surface area contributed by atoms with Gasteiger partial charge in [0, 0.05) is 32.0 Å². The summed E-state index contributed by atoms with van der Waals surface area (Å²) in [6, 6.07) is 7.51. The van der Waals surface area contributed by atoms with Crippen LogP contribution in [0, 0.1) is 11.7 Å². The van der Waals surface area contributed by atoms with E-state index in [0.29, 0.717) is 25.1 Å². The lowest BCUT2D eigenvalue weighted by Crippen LogP contribution is -2.42. The fraction of sp³-hybridized carbons (Fsp3) is 0.444. The molecule has 0 unspecified atom stereocenters. The third-order valence-corrected chi connectivity index (χ3v) is 4.43. The highest BCUT2D eigenvalue weighted by molar-refractivity contribution is 5.75. The number of halogens is 1. The van der Waals surface area contributed by atoms with Crippen molar-refractivity contribution in [2.45, 2.75) is 32.0 Å². The third kappa shape index (κ3) is 4.36. The minimum absolute atomic E-state index is 0.212. The Morgan fingerprint density at radius 2 is 2.32 bits per heavy atom. The summed E-state index contributed by atoms with van der Waals surface area (Å²) in [6.07, 6.45) is 3.43. The van der Waals surface area contributed by atoms with Gasteiger partial charge in [0.15, 0.2) is 0 Å². The molecule has 2 N–H and O–H groups in total. The maximum atomic E-state index is 13.5. The van der Waals surface area contributed by atoms with Crippen LogP contribution in [0.5, 0.6) is 0 Å². The predicted octanol–water partition coefficient (Wildman–Crippen LogP) is 2.18. The number of β-amino-alcohol motifs (C(OH)–C–C–N with tert-alkyl or cyclic N) is 1. The molecule has 1 saturated heterocycles. The standard InChI is InChI=1S/C18H23FN4O2/c1-13(11-22-7-3-6-21-22)10-20-18(25)23-12-16(24)9-17(23)14-4-2-5-15(19)8-14/h2-8,13,16-17,24H,9-12H2,1H3,(H,20,25)/t13-,16-,17-/m1/s1. The highest BCUT2D eigenvalue weighted by atomic mass is 19.1. The van der Waals surface area contributed by atoms with Crippen LogP contribution in [0.25, 0.3) is 0 Å². The number of hydrogen-bond donors (Lipinski definition) is 2. The zero-order chi connectivity index (χ0) is 17.8. The molecule has 0 saturated carbocycles. The van der Waals surface area contributed by atoms with Gasteiger partial charge in [0.1, 0.15) is 5.82 Å². The molecule has 0 aliphatic carbocycles. The number of benzene rings is 1. The van der Waals surface area contributed by atoms with E-state index in [9.17, 15) is 14.3 Å². The van der Waals surface area contributed by atoms with Crippen LogP contribution in [-0.2, 0) is 6.54 Å². The van der Waals surface area contributed by atoms with Crippen molar-refractivity contribution in [3.63, 3.8) is 0 Å². The first kappa shape index (κ1) is 17.4. The smallest absolute Gasteiger partial charge is 0.318 e. The summed E-state index contributed by atoms with van der Waals surface area (Å²) in [6.45, 7) is 3.50. The van der Waals surface area contributed by atoms with E-state index in [2.05, 4.69) is 10.4 Å². The maximum absolute atomic E-state index is 13.5. The highest BCUT2D eigenvalue weighted by Gasteiger charge is 2.35. The van der Waals surface area contributed by atoms with Crippen molar-refractivity contribution in [3.8, 4) is 0 Å². The summed E-state index contributed by atoms with van der Waals surface area (Å²) >= 11 is 0. The number of likely N-dealkylation sites (tertiary alicyclic amines) is 1. The SMILES string of the molecule is C[C@H](CNC(=O)N1C[C@H](O)C[C@@H]1c1cccc(F)c1)Cn1cccn1. The summed E-state index contributed by atoms with van der Waals surface area (Å²) in [5, 5.41) is 17.0. The molecular formula is C18H23FN4O2. The molecule has 1 aromatic heterocycles. The fourth-order valence-electron chi connectivity index (χ4n) is 3.22. The molecule has 2 aromatic rings. The van der Waals surface area contributed by atoms with Crippen LogP contribution in [0.2, 0.25) is 0 Å². The fourth-order valence-corrected chi connectivity index (χ4v) is 3.22. The van der Waals surface area contributed by atoms with Gasteiger partial charge in [-0.1, -0.05) is 19.1 Å². The molecular weight excluding hydrogens is 323 g/mol. The van der Waals surface area contributed by atoms with Crippen molar-refractivity contribution in [2.75, 3.05) is 13.1 Å². The van der Waals surface area contributed by atoms with Gasteiger partial charge in [0.25, 0.3) is 0 Å². The van der Waals surface area contributed by atoms with Crippen LogP contribution < -0.4 is 5.32 Å². The number of urea groups is 1. The number of amides is 2. The summed E-state index contributed by atoms with van der Waals surface area (Å²) in [4.78, 5) is 14.1. The molecule has 1 aliphatic heterocycles. The highest BCUT2D eigenvalue weighted by Crippen LogP contribution is 2.32. The average molecular weight is 346 g/mol. The molecule has 3 atom stereocenters. The first-order valence-corrected chi connectivity index (χ1v) is 8.48. The van der Waals surface area contributed by atoms with Crippen LogP contribution in [0.4, 0.5) is 9.18 Å². The Kier molecular flexibility index (Phi) is 5.33. The molecule has 3 rings (SSSR count). The van der Waals surface area contributed by atoms with Crippen LogP contribution in [0.1, 0.15) is 24.9 Å². The van der Waals surface area contributed by atoms with Gasteiger partial charge in [-0.3, -0.25) is 4.68 Å². The monoisotopic (exact) mass is 346 g/mol. The molecule has 0 bridgehead atoms. The normalized spacial score (nSPS) is 21.3. The largest absolute Gasteiger partial charge is 0.391 e. The number of rotatable bonds is 5. The Hall–Kier alpha value is -2.41. The quantitative estimate of drug-likeness (QED) is 0.872. The van der Waals surface area contributed by atoms with Gasteiger partial charge >= 0.3 is 6.03 Å². The minimum atomic E-state index is -0.597. The number of carbonyl (C=O) groups excluding carboxylic acids is 1. The van der Waals surface area contributed by atoms with Crippen molar-refractivity contribution >= 4 is 6.03 Å². The van der Waals surface area contributed by atoms with E-state index < -0.39 is 6.10 Å². The number of carbonyl (C=O) groups is 1. The summed E-state index contributed by atoms with van der Waals surface area (Å²) in [5.41, 5.74) is 0.705. The Morgan fingerprint density at radius 1 is 1.48 bits per heavy atom. The Bertz CT molecular complexity index is 707. The van der Waals surface area contributed by atoms with Crippen molar-refractivity contribution in [1.29, 1.82) is 0 Å². The van der Waals surface area contributed by atoms with Crippen molar-refractivity contribution in [1.82, 2.24) is 20.0 Å². The molecule has 0 spiro atoms. The molecule has 2 heterocycles. The summed E-state index contributed by atoms with van der Waals surface area (Å²) in [7, 11) is 0. The lowest BCUT2D eigenvalue weighted by atomic mass is 10.0. The summed E-state index contributed by atoms with van der Waals surface area (Å²) in [5.74, 6) is -0.129. The minimum Gasteiger partial charge on any atom is -0.391 e. The van der Waals surface area contributed by atoms with Gasteiger partial charge in [-0.05, 0) is 36.1 Å². The third-order valence-electron chi connectivity index (χ3n) is 4.43. The van der Waals surface area contributed by atoms with Gasteiger partial charge in [-0.15, -0.1) is 0 Å². The van der Waals surface area contributed by atoms with Crippen molar-refractivity contribution < 1.29 is 14.3 Å². The van der Waals surface area contributed by atoms with E-state index in [-0.39, 0.29) is 30.4 Å². The van der Waals surface area contributed by atoms with E-state index in [1.807, 2.05) is 23.9 Å². The van der Waals surface area contributed by atoms with E-state index >= 15 is 0 Å². The molecule has 1 aliphatic rings. The van der Waals surface area contributed by atoms with Gasteiger partial charge in [0.2, 0.25) is 0 Å². The first-order valence-electron chi connectivity index (χ1n) is 8.48. The molecule has 0 radical (unpaired) electrons. The lowest BCUT2D eigenvalue weighted by Gasteiger charge is -2.26. The van der Waals surface area contributed by atoms with Gasteiger partial charge in [-0.25, -0.2) is 9.18 Å². The predicted molar refractivity (Wildman–Crippen MR) is 91.3 cm³/mol. The second-order valence-corrected chi connectivity index (χ2v) is 6.63. The summed E-state index contributed by atoms with van der Waals surface area (Å²) < 4.78 is 15.3. The number of aliphatic hydroxyl groups is 1.